The number of hydrogen-bond donors (Lipinski definition) is 0. The quantitative estimate of drug-likeness (QED) is 0.769. The third-order valence-corrected chi connectivity index (χ3v) is 4.02. The van der Waals surface area contributed by atoms with E-state index in [9.17, 15) is 9.59 Å². The number of rotatable bonds is 2. The monoisotopic (exact) mass is 282 g/mol. The van der Waals surface area contributed by atoms with E-state index in [2.05, 4.69) is 0 Å². The van der Waals surface area contributed by atoms with Gasteiger partial charge in [0.2, 0.25) is 11.8 Å². The fourth-order valence-corrected chi connectivity index (χ4v) is 3.03. The van der Waals surface area contributed by atoms with Crippen LogP contribution in [-0.2, 0) is 14.3 Å². The molecule has 2 amide bonds. The van der Waals surface area contributed by atoms with Gasteiger partial charge in [0.25, 0.3) is 0 Å². The molecule has 2 rings (SSSR count). The van der Waals surface area contributed by atoms with E-state index in [-0.39, 0.29) is 30.6 Å². The lowest BCUT2D eigenvalue weighted by molar-refractivity contribution is -0.148. The predicted octanol–water partition coefficient (Wildman–Crippen LogP) is 1.41. The number of carbonyl (C=O) groups is 2. The van der Waals surface area contributed by atoms with Gasteiger partial charge in [0.15, 0.2) is 0 Å². The minimum Gasteiger partial charge on any atom is -0.372 e. The van der Waals surface area contributed by atoms with Gasteiger partial charge >= 0.3 is 0 Å². The molecular formula is C15H26N2O3. The summed E-state index contributed by atoms with van der Waals surface area (Å²) in [5.74, 6) is 0.188. The molecule has 0 radical (unpaired) electrons. The zero-order valence-corrected chi connectivity index (χ0v) is 12.6. The molecule has 2 fully saturated rings. The average Bonchev–Trinajstić information content (AvgIpc) is 2.37. The van der Waals surface area contributed by atoms with Crippen LogP contribution >= 0.6 is 0 Å². The number of carbonyl (C=O) groups excluding carboxylic acids is 2. The van der Waals surface area contributed by atoms with Gasteiger partial charge in [-0.25, -0.2) is 0 Å². The number of ether oxygens (including phenoxy) is 1. The molecule has 114 valence electrons. The summed E-state index contributed by atoms with van der Waals surface area (Å²) in [5.41, 5.74) is 0. The van der Waals surface area contributed by atoms with Crippen molar-refractivity contribution in [2.24, 2.45) is 0 Å². The van der Waals surface area contributed by atoms with Gasteiger partial charge in [-0.05, 0) is 26.7 Å². The highest BCUT2D eigenvalue weighted by Gasteiger charge is 2.28. The molecule has 2 heterocycles. The molecular weight excluding hydrogens is 256 g/mol. The van der Waals surface area contributed by atoms with E-state index < -0.39 is 0 Å². The van der Waals surface area contributed by atoms with Crippen molar-refractivity contribution in [1.82, 2.24) is 9.80 Å². The van der Waals surface area contributed by atoms with Crippen molar-refractivity contribution in [1.29, 1.82) is 0 Å². The van der Waals surface area contributed by atoms with E-state index >= 15 is 0 Å². The minimum absolute atomic E-state index is 0.0564. The van der Waals surface area contributed by atoms with Crippen LogP contribution in [0.5, 0.6) is 0 Å². The Balaban J connectivity index is 1.90. The zero-order valence-electron chi connectivity index (χ0n) is 12.6. The Morgan fingerprint density at radius 1 is 1.15 bits per heavy atom. The largest absolute Gasteiger partial charge is 0.372 e. The third kappa shape index (κ3) is 4.20. The SMILES string of the molecule is CC1CN(C(=O)CN2CCCCCCC2=O)CC(C)O1. The van der Waals surface area contributed by atoms with Gasteiger partial charge in [0.1, 0.15) is 0 Å². The van der Waals surface area contributed by atoms with E-state index in [1.807, 2.05) is 18.7 Å². The van der Waals surface area contributed by atoms with E-state index in [4.69, 9.17) is 4.74 Å². The predicted molar refractivity (Wildman–Crippen MR) is 76.3 cm³/mol. The molecule has 0 aromatic carbocycles. The first-order valence-electron chi connectivity index (χ1n) is 7.77. The van der Waals surface area contributed by atoms with E-state index in [0.29, 0.717) is 19.5 Å². The number of nitrogens with zero attached hydrogens (tertiary/aromatic N) is 2. The summed E-state index contributed by atoms with van der Waals surface area (Å²) in [7, 11) is 0. The molecule has 0 aromatic heterocycles. The summed E-state index contributed by atoms with van der Waals surface area (Å²) < 4.78 is 5.64. The molecule has 2 atom stereocenters. The molecule has 2 saturated heterocycles. The second-order valence-electron chi connectivity index (χ2n) is 6.04. The third-order valence-electron chi connectivity index (χ3n) is 4.02. The molecule has 2 unspecified atom stereocenters. The van der Waals surface area contributed by atoms with Crippen LogP contribution in [0.1, 0.15) is 46.0 Å². The summed E-state index contributed by atoms with van der Waals surface area (Å²) in [4.78, 5) is 28.0. The van der Waals surface area contributed by atoms with Crippen LogP contribution in [-0.4, -0.2) is 60.0 Å². The molecule has 5 nitrogen and oxygen atoms in total. The topological polar surface area (TPSA) is 49.9 Å². The number of likely N-dealkylation sites (tertiary alicyclic amines) is 1. The maximum atomic E-state index is 12.4. The number of amides is 2. The molecule has 0 aromatic rings. The Morgan fingerprint density at radius 3 is 2.50 bits per heavy atom. The van der Waals surface area contributed by atoms with Gasteiger partial charge in [-0.1, -0.05) is 12.8 Å². The highest BCUT2D eigenvalue weighted by Crippen LogP contribution is 2.14. The van der Waals surface area contributed by atoms with Crippen molar-refractivity contribution in [3.8, 4) is 0 Å². The van der Waals surface area contributed by atoms with Gasteiger partial charge < -0.3 is 14.5 Å². The summed E-state index contributed by atoms with van der Waals surface area (Å²) in [5, 5.41) is 0. The molecule has 2 aliphatic rings. The first-order valence-corrected chi connectivity index (χ1v) is 7.77. The fourth-order valence-electron chi connectivity index (χ4n) is 3.03. The van der Waals surface area contributed by atoms with Gasteiger partial charge in [-0.3, -0.25) is 9.59 Å². The molecule has 2 aliphatic heterocycles. The smallest absolute Gasteiger partial charge is 0.242 e. The maximum absolute atomic E-state index is 12.4. The first kappa shape index (κ1) is 15.3. The maximum Gasteiger partial charge on any atom is 0.242 e. The molecule has 5 heteroatoms. The lowest BCUT2D eigenvalue weighted by Gasteiger charge is -2.36. The summed E-state index contributed by atoms with van der Waals surface area (Å²) in [6, 6.07) is 0. The van der Waals surface area contributed by atoms with Crippen LogP contribution in [0, 0.1) is 0 Å². The van der Waals surface area contributed by atoms with Gasteiger partial charge in [-0.15, -0.1) is 0 Å². The first-order chi connectivity index (χ1) is 9.56. The molecule has 0 bridgehead atoms. The number of morpholine rings is 1. The van der Waals surface area contributed by atoms with Crippen molar-refractivity contribution < 1.29 is 14.3 Å². The highest BCUT2D eigenvalue weighted by molar-refractivity contribution is 5.85. The summed E-state index contributed by atoms with van der Waals surface area (Å²) >= 11 is 0. The van der Waals surface area contributed by atoms with Crippen LogP contribution in [0.15, 0.2) is 0 Å². The molecule has 0 saturated carbocycles. The van der Waals surface area contributed by atoms with Crippen molar-refractivity contribution in [3.63, 3.8) is 0 Å². The normalized spacial score (nSPS) is 29.0. The Kier molecular flexibility index (Phi) is 5.40. The van der Waals surface area contributed by atoms with Gasteiger partial charge in [0, 0.05) is 26.1 Å². The van der Waals surface area contributed by atoms with Crippen molar-refractivity contribution in [2.75, 3.05) is 26.2 Å². The summed E-state index contributed by atoms with van der Waals surface area (Å²) in [6.45, 7) is 6.18. The second-order valence-corrected chi connectivity index (χ2v) is 6.04. The molecule has 20 heavy (non-hydrogen) atoms. The highest BCUT2D eigenvalue weighted by atomic mass is 16.5. The van der Waals surface area contributed by atoms with Crippen LogP contribution < -0.4 is 0 Å². The van der Waals surface area contributed by atoms with Crippen molar-refractivity contribution in [2.45, 2.75) is 58.2 Å². The Labute approximate surface area is 121 Å². The second kappa shape index (κ2) is 7.07. The van der Waals surface area contributed by atoms with Crippen LogP contribution in [0.25, 0.3) is 0 Å². The van der Waals surface area contributed by atoms with Gasteiger partial charge in [-0.2, -0.15) is 0 Å². The fraction of sp³-hybridized carbons (Fsp3) is 0.867. The average molecular weight is 282 g/mol. The molecule has 0 spiro atoms. The lowest BCUT2D eigenvalue weighted by atomic mass is 10.1. The van der Waals surface area contributed by atoms with Crippen LogP contribution in [0.2, 0.25) is 0 Å². The lowest BCUT2D eigenvalue weighted by Crippen LogP contribution is -2.51. The van der Waals surface area contributed by atoms with Crippen LogP contribution in [0.4, 0.5) is 0 Å². The van der Waals surface area contributed by atoms with E-state index in [1.54, 1.807) is 4.90 Å². The standard InChI is InChI=1S/C15H26N2O3/c1-12-9-17(10-13(2)20-12)15(19)11-16-8-6-4-3-5-7-14(16)18/h12-13H,3-11H2,1-2H3. The number of hydrogen-bond acceptors (Lipinski definition) is 3. The Bertz CT molecular complexity index is 349. The molecule has 0 N–H and O–H groups in total. The van der Waals surface area contributed by atoms with E-state index in [1.165, 1.54) is 0 Å². The Morgan fingerprint density at radius 2 is 1.80 bits per heavy atom. The molecule has 0 aliphatic carbocycles. The van der Waals surface area contributed by atoms with Crippen molar-refractivity contribution >= 4 is 11.8 Å². The van der Waals surface area contributed by atoms with E-state index in [0.717, 1.165) is 32.2 Å². The minimum atomic E-state index is 0.0564. The zero-order chi connectivity index (χ0) is 14.5. The summed E-state index contributed by atoms with van der Waals surface area (Å²) in [6.07, 6.45) is 4.99. The Hall–Kier alpha value is -1.10. The van der Waals surface area contributed by atoms with Gasteiger partial charge in [0.05, 0.1) is 18.8 Å². The van der Waals surface area contributed by atoms with Crippen molar-refractivity contribution in [3.05, 3.63) is 0 Å². The van der Waals surface area contributed by atoms with Crippen LogP contribution in [0.3, 0.4) is 0 Å².